The number of carbonyl (C=O) groups excluding carboxylic acids is 3. The second-order valence-corrected chi connectivity index (χ2v) is 16.2. The van der Waals surface area contributed by atoms with E-state index in [1.807, 2.05) is 0 Å². The van der Waals surface area contributed by atoms with Crippen LogP contribution in [0.5, 0.6) is 0 Å². The van der Waals surface area contributed by atoms with Crippen molar-refractivity contribution in [3.63, 3.8) is 0 Å². The number of esters is 3. The summed E-state index contributed by atoms with van der Waals surface area (Å²) in [7, 11) is 0. The molecule has 0 rings (SSSR count). The van der Waals surface area contributed by atoms with Crippen molar-refractivity contribution in [3.05, 3.63) is 0 Å². The van der Waals surface area contributed by atoms with Gasteiger partial charge in [0.1, 0.15) is 13.2 Å². The molecule has 0 aromatic rings. The summed E-state index contributed by atoms with van der Waals surface area (Å²) >= 11 is 0. The Morgan fingerprint density at radius 1 is 0.365 bits per heavy atom. The maximum Gasteiger partial charge on any atom is 0.306 e. The Bertz CT molecular complexity index is 781. The van der Waals surface area contributed by atoms with Crippen molar-refractivity contribution in [2.24, 2.45) is 5.92 Å². The average molecular weight is 737 g/mol. The summed E-state index contributed by atoms with van der Waals surface area (Å²) in [6.45, 7) is 8.93. The molecule has 1 atom stereocenters. The van der Waals surface area contributed by atoms with Crippen LogP contribution in [0.1, 0.15) is 252 Å². The average Bonchev–Trinajstić information content (AvgIpc) is 3.12. The topological polar surface area (TPSA) is 78.9 Å². The van der Waals surface area contributed by atoms with E-state index in [1.165, 1.54) is 148 Å². The van der Waals surface area contributed by atoms with Gasteiger partial charge < -0.3 is 14.2 Å². The second-order valence-electron chi connectivity index (χ2n) is 16.2. The van der Waals surface area contributed by atoms with Gasteiger partial charge in [-0.3, -0.25) is 14.4 Å². The maximum absolute atomic E-state index is 12.7. The predicted octanol–water partition coefficient (Wildman–Crippen LogP) is 14.3. The monoisotopic (exact) mass is 737 g/mol. The first-order valence-electron chi connectivity index (χ1n) is 22.9. The minimum absolute atomic E-state index is 0.0649. The molecule has 52 heavy (non-hydrogen) atoms. The summed E-state index contributed by atoms with van der Waals surface area (Å²) in [6.07, 6.45) is 39.6. The van der Waals surface area contributed by atoms with Crippen LogP contribution >= 0.6 is 0 Å². The van der Waals surface area contributed by atoms with Gasteiger partial charge >= 0.3 is 17.9 Å². The van der Waals surface area contributed by atoms with Gasteiger partial charge in [0.2, 0.25) is 0 Å². The lowest BCUT2D eigenvalue weighted by Crippen LogP contribution is -2.30. The molecule has 0 bridgehead atoms. The molecule has 0 aliphatic heterocycles. The van der Waals surface area contributed by atoms with Crippen LogP contribution in [0.15, 0.2) is 0 Å². The minimum Gasteiger partial charge on any atom is -0.462 e. The first-order chi connectivity index (χ1) is 25.4. The maximum atomic E-state index is 12.7. The largest absolute Gasteiger partial charge is 0.462 e. The number of rotatable bonds is 41. The third kappa shape index (κ3) is 39.6. The fraction of sp³-hybridized carbons (Fsp3) is 0.935. The molecule has 0 saturated carbocycles. The van der Waals surface area contributed by atoms with Gasteiger partial charge in [0.25, 0.3) is 0 Å². The third-order valence-electron chi connectivity index (χ3n) is 10.3. The van der Waals surface area contributed by atoms with Crippen molar-refractivity contribution >= 4 is 17.9 Å². The Morgan fingerprint density at radius 2 is 0.635 bits per heavy atom. The number of unbranched alkanes of at least 4 members (excludes halogenated alkanes) is 28. The fourth-order valence-corrected chi connectivity index (χ4v) is 6.80. The summed E-state index contributed by atoms with van der Waals surface area (Å²) in [5.74, 6) is -0.0651. The quantitative estimate of drug-likeness (QED) is 0.0353. The van der Waals surface area contributed by atoms with Gasteiger partial charge in [-0.1, -0.05) is 214 Å². The number of hydrogen-bond donors (Lipinski definition) is 0. The van der Waals surface area contributed by atoms with Gasteiger partial charge in [-0.05, 0) is 25.2 Å². The zero-order chi connectivity index (χ0) is 38.2. The summed E-state index contributed by atoms with van der Waals surface area (Å²) in [4.78, 5) is 37.6. The van der Waals surface area contributed by atoms with Crippen molar-refractivity contribution in [1.29, 1.82) is 0 Å². The van der Waals surface area contributed by atoms with E-state index in [1.54, 1.807) is 0 Å². The van der Waals surface area contributed by atoms with Crippen LogP contribution in [-0.2, 0) is 28.6 Å². The Hall–Kier alpha value is -1.59. The zero-order valence-electron chi connectivity index (χ0n) is 35.3. The summed E-state index contributed by atoms with van der Waals surface area (Å²) in [6, 6.07) is 0. The van der Waals surface area contributed by atoms with E-state index in [0.717, 1.165) is 63.7 Å². The number of carbonyl (C=O) groups is 3. The molecule has 0 aromatic heterocycles. The summed E-state index contributed by atoms with van der Waals surface area (Å²) in [5, 5.41) is 0. The number of hydrogen-bond acceptors (Lipinski definition) is 6. The Labute approximate surface area is 323 Å². The highest BCUT2D eigenvalue weighted by Gasteiger charge is 2.19. The molecule has 6 heteroatoms. The molecule has 0 N–H and O–H groups in total. The molecule has 0 fully saturated rings. The molecular formula is C46H88O6. The number of ether oxygens (including phenoxy) is 3. The molecule has 6 nitrogen and oxygen atoms in total. The second kappa shape index (κ2) is 40.6. The van der Waals surface area contributed by atoms with Crippen LogP contribution < -0.4 is 0 Å². The van der Waals surface area contributed by atoms with E-state index in [-0.39, 0.29) is 31.1 Å². The minimum atomic E-state index is -0.758. The van der Waals surface area contributed by atoms with Crippen molar-refractivity contribution in [2.75, 3.05) is 13.2 Å². The van der Waals surface area contributed by atoms with E-state index in [0.29, 0.717) is 19.3 Å². The van der Waals surface area contributed by atoms with Crippen LogP contribution in [-0.4, -0.2) is 37.2 Å². The molecule has 0 saturated heterocycles. The lowest BCUT2D eigenvalue weighted by Gasteiger charge is -2.18. The van der Waals surface area contributed by atoms with Crippen molar-refractivity contribution < 1.29 is 28.6 Å². The van der Waals surface area contributed by atoms with Gasteiger partial charge in [-0.2, -0.15) is 0 Å². The van der Waals surface area contributed by atoms with Gasteiger partial charge in [0.05, 0.1) is 0 Å². The van der Waals surface area contributed by atoms with Gasteiger partial charge in [0.15, 0.2) is 6.10 Å². The van der Waals surface area contributed by atoms with Gasteiger partial charge in [0, 0.05) is 19.3 Å². The highest BCUT2D eigenvalue weighted by Crippen LogP contribution is 2.16. The van der Waals surface area contributed by atoms with Crippen LogP contribution in [0.4, 0.5) is 0 Å². The molecule has 0 aromatic carbocycles. The van der Waals surface area contributed by atoms with Crippen molar-refractivity contribution in [1.82, 2.24) is 0 Å². The first-order valence-corrected chi connectivity index (χ1v) is 22.9. The van der Waals surface area contributed by atoms with Crippen molar-refractivity contribution in [2.45, 2.75) is 259 Å². The Morgan fingerprint density at radius 3 is 0.942 bits per heavy atom. The van der Waals surface area contributed by atoms with Crippen LogP contribution in [0, 0.1) is 5.92 Å². The molecule has 0 amide bonds. The van der Waals surface area contributed by atoms with E-state index in [4.69, 9.17) is 14.2 Å². The fourth-order valence-electron chi connectivity index (χ4n) is 6.80. The van der Waals surface area contributed by atoms with Gasteiger partial charge in [-0.15, -0.1) is 0 Å². The van der Waals surface area contributed by atoms with E-state index in [2.05, 4.69) is 27.7 Å². The first kappa shape index (κ1) is 50.4. The normalized spacial score (nSPS) is 11.9. The lowest BCUT2D eigenvalue weighted by molar-refractivity contribution is -0.167. The smallest absolute Gasteiger partial charge is 0.306 e. The molecule has 0 aliphatic carbocycles. The zero-order valence-corrected chi connectivity index (χ0v) is 35.3. The molecule has 0 radical (unpaired) electrons. The summed E-state index contributed by atoms with van der Waals surface area (Å²) < 4.78 is 16.7. The molecule has 0 unspecified atom stereocenters. The lowest BCUT2D eigenvalue weighted by atomic mass is 10.0. The Kier molecular flexibility index (Phi) is 39.4. The molecular weight excluding hydrogens is 648 g/mol. The van der Waals surface area contributed by atoms with Gasteiger partial charge in [-0.25, -0.2) is 0 Å². The van der Waals surface area contributed by atoms with Crippen molar-refractivity contribution in [3.8, 4) is 0 Å². The highest BCUT2D eigenvalue weighted by atomic mass is 16.6. The van der Waals surface area contributed by atoms with E-state index < -0.39 is 6.10 Å². The van der Waals surface area contributed by atoms with Crippen LogP contribution in [0.3, 0.4) is 0 Å². The Balaban J connectivity index is 4.25. The molecule has 308 valence electrons. The van der Waals surface area contributed by atoms with E-state index in [9.17, 15) is 14.4 Å². The van der Waals surface area contributed by atoms with E-state index >= 15 is 0 Å². The standard InChI is InChI=1S/C46H88O6/c1-5-7-9-11-13-14-15-16-17-18-19-20-21-27-31-35-39-46(49)52-43(40-50-44(47)37-33-29-24-12-10-8-6-2)41-51-45(48)38-34-30-26-23-22-25-28-32-36-42(3)4/h42-43H,5-41H2,1-4H3/t43-/m1/s1. The molecule has 0 aliphatic rings. The molecule has 0 heterocycles. The predicted molar refractivity (Wildman–Crippen MR) is 220 cm³/mol. The third-order valence-corrected chi connectivity index (χ3v) is 10.3. The van der Waals surface area contributed by atoms with Crippen LogP contribution in [0.25, 0.3) is 0 Å². The summed E-state index contributed by atoms with van der Waals surface area (Å²) in [5.41, 5.74) is 0. The van der Waals surface area contributed by atoms with Crippen LogP contribution in [0.2, 0.25) is 0 Å². The highest BCUT2D eigenvalue weighted by molar-refractivity contribution is 5.71. The SMILES string of the molecule is CCCCCCCCCCCCCCCCCCC(=O)O[C@H](COC(=O)CCCCCCCCC)COC(=O)CCCCCCCCCCC(C)C. The molecule has 0 spiro atoms.